The zero-order valence-corrected chi connectivity index (χ0v) is 13.0. The summed E-state index contributed by atoms with van der Waals surface area (Å²) in [6, 6.07) is 0.513. The van der Waals surface area contributed by atoms with Gasteiger partial charge in [0.05, 0.1) is 11.6 Å². The fourth-order valence-corrected chi connectivity index (χ4v) is 4.17. The van der Waals surface area contributed by atoms with E-state index in [2.05, 4.69) is 21.3 Å². The second kappa shape index (κ2) is 5.37. The van der Waals surface area contributed by atoms with Gasteiger partial charge in [-0.2, -0.15) is 16.9 Å². The van der Waals surface area contributed by atoms with Crippen molar-refractivity contribution in [3.8, 4) is 0 Å². The Bertz CT molecular complexity index is 583. The van der Waals surface area contributed by atoms with Gasteiger partial charge >= 0.3 is 0 Å². The highest BCUT2D eigenvalue weighted by Crippen LogP contribution is 2.32. The molecular weight excluding hydrogens is 280 g/mol. The molecule has 2 aromatic heterocycles. The molecule has 0 N–H and O–H groups in total. The predicted octanol–water partition coefficient (Wildman–Crippen LogP) is 3.37. The van der Waals surface area contributed by atoms with Gasteiger partial charge in [-0.05, 0) is 32.4 Å². The van der Waals surface area contributed by atoms with Crippen LogP contribution in [0.3, 0.4) is 0 Å². The molecule has 1 aliphatic rings. The Balaban J connectivity index is 2.18. The number of hydrogen-bond acceptors (Lipinski definition) is 3. The molecule has 1 unspecified atom stereocenters. The van der Waals surface area contributed by atoms with Crippen molar-refractivity contribution in [2.24, 2.45) is 0 Å². The molecule has 1 fully saturated rings. The fourth-order valence-electron chi connectivity index (χ4n) is 2.86. The Hall–Kier alpha value is -0.680. The van der Waals surface area contributed by atoms with Crippen molar-refractivity contribution in [2.45, 2.75) is 45.2 Å². The third kappa shape index (κ3) is 2.17. The van der Waals surface area contributed by atoms with Gasteiger partial charge in [-0.25, -0.2) is 9.67 Å². The molecule has 1 atom stereocenters. The standard InChI is InChI=1S/C13H19ClN4S/c1-3-17-13-12(9(2)16-17)15-11(7-14)18(13)10-5-4-6-19-8-10/h10H,3-8H2,1-2H3. The van der Waals surface area contributed by atoms with E-state index in [1.807, 2.05) is 18.7 Å². The molecule has 4 nitrogen and oxygen atoms in total. The third-order valence-electron chi connectivity index (χ3n) is 3.74. The molecule has 0 saturated carbocycles. The molecule has 1 aliphatic heterocycles. The van der Waals surface area contributed by atoms with Crippen LogP contribution in [0, 0.1) is 6.92 Å². The quantitative estimate of drug-likeness (QED) is 0.815. The molecule has 3 heterocycles. The lowest BCUT2D eigenvalue weighted by molar-refractivity contribution is 0.486. The number of aromatic nitrogens is 4. The van der Waals surface area contributed by atoms with Crippen molar-refractivity contribution in [1.29, 1.82) is 0 Å². The number of fused-ring (bicyclic) bond motifs is 1. The summed E-state index contributed by atoms with van der Waals surface area (Å²) in [6.07, 6.45) is 2.49. The Kier molecular flexibility index (Phi) is 3.76. The summed E-state index contributed by atoms with van der Waals surface area (Å²) in [5, 5.41) is 4.58. The average Bonchev–Trinajstić information content (AvgIpc) is 2.97. The molecule has 0 spiro atoms. The molecule has 0 aromatic carbocycles. The largest absolute Gasteiger partial charge is 0.308 e. The number of alkyl halides is 1. The minimum Gasteiger partial charge on any atom is -0.308 e. The number of rotatable bonds is 3. The molecule has 0 radical (unpaired) electrons. The van der Waals surface area contributed by atoms with Gasteiger partial charge in [0.2, 0.25) is 0 Å². The van der Waals surface area contributed by atoms with Gasteiger partial charge in [-0.15, -0.1) is 11.6 Å². The predicted molar refractivity (Wildman–Crippen MR) is 81.1 cm³/mol. The lowest BCUT2D eigenvalue weighted by atomic mass is 10.2. The number of aryl methyl sites for hydroxylation is 2. The van der Waals surface area contributed by atoms with Crippen molar-refractivity contribution < 1.29 is 0 Å². The highest BCUT2D eigenvalue weighted by atomic mass is 35.5. The number of thioether (sulfide) groups is 1. The Morgan fingerprint density at radius 3 is 2.95 bits per heavy atom. The topological polar surface area (TPSA) is 35.6 Å². The summed E-state index contributed by atoms with van der Waals surface area (Å²) in [6.45, 7) is 5.02. The molecule has 6 heteroatoms. The number of nitrogens with zero attached hydrogens (tertiary/aromatic N) is 4. The van der Waals surface area contributed by atoms with Gasteiger partial charge in [-0.3, -0.25) is 0 Å². The van der Waals surface area contributed by atoms with E-state index in [-0.39, 0.29) is 0 Å². The summed E-state index contributed by atoms with van der Waals surface area (Å²) in [5.74, 6) is 3.89. The molecule has 104 valence electrons. The summed E-state index contributed by atoms with van der Waals surface area (Å²) in [5.41, 5.74) is 3.18. The molecule has 0 bridgehead atoms. The summed E-state index contributed by atoms with van der Waals surface area (Å²) in [4.78, 5) is 4.71. The maximum Gasteiger partial charge on any atom is 0.159 e. The maximum atomic E-state index is 6.11. The molecule has 19 heavy (non-hydrogen) atoms. The fraction of sp³-hybridized carbons (Fsp3) is 0.692. The first-order valence-corrected chi connectivity index (χ1v) is 8.53. The molecule has 2 aromatic rings. The summed E-state index contributed by atoms with van der Waals surface area (Å²) in [7, 11) is 0. The zero-order valence-electron chi connectivity index (χ0n) is 11.4. The molecular formula is C13H19ClN4S. The van der Waals surface area contributed by atoms with E-state index >= 15 is 0 Å². The van der Waals surface area contributed by atoms with Crippen LogP contribution in [0.25, 0.3) is 11.2 Å². The number of hydrogen-bond donors (Lipinski definition) is 0. The van der Waals surface area contributed by atoms with Crippen LogP contribution in [0.5, 0.6) is 0 Å². The van der Waals surface area contributed by atoms with Gasteiger partial charge < -0.3 is 4.57 Å². The minimum atomic E-state index is 0.471. The SMILES string of the molecule is CCn1nc(C)c2nc(CCl)n(C3CCCSC3)c21. The van der Waals surface area contributed by atoms with E-state index in [0.29, 0.717) is 11.9 Å². The van der Waals surface area contributed by atoms with E-state index < -0.39 is 0 Å². The maximum absolute atomic E-state index is 6.11. The molecule has 3 rings (SSSR count). The van der Waals surface area contributed by atoms with Gasteiger partial charge in [0.15, 0.2) is 5.65 Å². The van der Waals surface area contributed by atoms with Crippen molar-refractivity contribution in [2.75, 3.05) is 11.5 Å². The second-order valence-corrected chi connectivity index (χ2v) is 6.39. The third-order valence-corrected chi connectivity index (χ3v) is 5.17. The van der Waals surface area contributed by atoms with Gasteiger partial charge in [0.1, 0.15) is 11.3 Å². The van der Waals surface area contributed by atoms with Crippen molar-refractivity contribution in [3.05, 3.63) is 11.5 Å². The lowest BCUT2D eigenvalue weighted by Gasteiger charge is -2.25. The molecule has 0 aliphatic carbocycles. The van der Waals surface area contributed by atoms with E-state index in [1.165, 1.54) is 18.6 Å². The number of halogens is 1. The average molecular weight is 299 g/mol. The second-order valence-electron chi connectivity index (χ2n) is 4.98. The first-order valence-electron chi connectivity index (χ1n) is 6.84. The van der Waals surface area contributed by atoms with Crippen LogP contribution < -0.4 is 0 Å². The monoisotopic (exact) mass is 298 g/mol. The van der Waals surface area contributed by atoms with Gasteiger partial charge in [0.25, 0.3) is 0 Å². The smallest absolute Gasteiger partial charge is 0.159 e. The van der Waals surface area contributed by atoms with E-state index in [4.69, 9.17) is 16.6 Å². The van der Waals surface area contributed by atoms with E-state index in [9.17, 15) is 0 Å². The van der Waals surface area contributed by atoms with Crippen LogP contribution in [0.2, 0.25) is 0 Å². The van der Waals surface area contributed by atoms with Crippen LogP contribution in [0.1, 0.15) is 37.3 Å². The highest BCUT2D eigenvalue weighted by molar-refractivity contribution is 7.99. The van der Waals surface area contributed by atoms with Crippen LogP contribution in [0.4, 0.5) is 0 Å². The first kappa shape index (κ1) is 13.3. The molecule has 1 saturated heterocycles. The summed E-state index contributed by atoms with van der Waals surface area (Å²) < 4.78 is 4.41. The van der Waals surface area contributed by atoms with Crippen LogP contribution in [-0.4, -0.2) is 30.8 Å². The lowest BCUT2D eigenvalue weighted by Crippen LogP contribution is -2.19. The van der Waals surface area contributed by atoms with Gasteiger partial charge in [-0.1, -0.05) is 0 Å². The Morgan fingerprint density at radius 1 is 1.47 bits per heavy atom. The molecule has 0 amide bonds. The number of imidazole rings is 1. The highest BCUT2D eigenvalue weighted by Gasteiger charge is 2.24. The van der Waals surface area contributed by atoms with Crippen LogP contribution in [-0.2, 0) is 12.4 Å². The van der Waals surface area contributed by atoms with Gasteiger partial charge in [0, 0.05) is 18.3 Å². The Labute approximate surface area is 122 Å². The van der Waals surface area contributed by atoms with E-state index in [1.54, 1.807) is 0 Å². The summed E-state index contributed by atoms with van der Waals surface area (Å²) >= 11 is 8.14. The van der Waals surface area contributed by atoms with Crippen molar-refractivity contribution >= 4 is 34.5 Å². The van der Waals surface area contributed by atoms with Crippen LogP contribution in [0.15, 0.2) is 0 Å². The van der Waals surface area contributed by atoms with E-state index in [0.717, 1.165) is 35.0 Å². The Morgan fingerprint density at radius 2 is 2.32 bits per heavy atom. The minimum absolute atomic E-state index is 0.471. The van der Waals surface area contributed by atoms with Crippen molar-refractivity contribution in [3.63, 3.8) is 0 Å². The normalized spacial score (nSPS) is 20.3. The first-order chi connectivity index (χ1) is 9.26. The zero-order chi connectivity index (χ0) is 13.4. The van der Waals surface area contributed by atoms with Crippen molar-refractivity contribution in [1.82, 2.24) is 19.3 Å². The van der Waals surface area contributed by atoms with Crippen LogP contribution >= 0.6 is 23.4 Å².